The molecule has 1 atom stereocenters. The number of aromatic nitrogens is 2. The van der Waals surface area contributed by atoms with Crippen LogP contribution in [-0.2, 0) is 20.9 Å². The quantitative estimate of drug-likeness (QED) is 0.625. The standard InChI is InChI=1S/C20H16N4O5/c1-12(18(26)22-14-6-4-5-13(9-14)10-21)29-17(25)11-24-20(28)16-8-3-2-7-15(16)19(27)23-24/h2-9,12H,11H2,1H3,(H,22,26)(H,23,27)/t12-/m0/s1. The van der Waals surface area contributed by atoms with Crippen molar-refractivity contribution in [2.24, 2.45) is 0 Å². The van der Waals surface area contributed by atoms with Crippen molar-refractivity contribution in [3.8, 4) is 6.07 Å². The zero-order valence-corrected chi connectivity index (χ0v) is 15.3. The normalized spacial score (nSPS) is 11.4. The minimum Gasteiger partial charge on any atom is -0.451 e. The SMILES string of the molecule is C[C@H](OC(=O)Cn1[nH]c(=O)c2ccccc2c1=O)C(=O)Nc1cccc(C#N)c1. The van der Waals surface area contributed by atoms with Gasteiger partial charge in [-0.15, -0.1) is 0 Å². The van der Waals surface area contributed by atoms with Crippen LogP contribution in [0.1, 0.15) is 12.5 Å². The number of nitrogens with one attached hydrogen (secondary N) is 2. The molecule has 9 heteroatoms. The molecule has 1 aromatic heterocycles. The second-order valence-electron chi connectivity index (χ2n) is 6.19. The number of esters is 1. The number of hydrogen-bond acceptors (Lipinski definition) is 6. The van der Waals surface area contributed by atoms with Crippen LogP contribution in [0, 0.1) is 11.3 Å². The molecule has 0 aliphatic heterocycles. The zero-order valence-electron chi connectivity index (χ0n) is 15.3. The molecule has 2 aromatic carbocycles. The van der Waals surface area contributed by atoms with Crippen LogP contribution in [0.15, 0.2) is 58.1 Å². The molecule has 0 bridgehead atoms. The number of nitrogens with zero attached hydrogens (tertiary/aromatic N) is 2. The number of anilines is 1. The van der Waals surface area contributed by atoms with Crippen LogP contribution in [0.3, 0.4) is 0 Å². The van der Waals surface area contributed by atoms with E-state index < -0.39 is 35.6 Å². The van der Waals surface area contributed by atoms with Crippen LogP contribution in [-0.4, -0.2) is 27.8 Å². The van der Waals surface area contributed by atoms with Gasteiger partial charge in [0.25, 0.3) is 17.0 Å². The number of fused-ring (bicyclic) bond motifs is 1. The Morgan fingerprint density at radius 2 is 1.90 bits per heavy atom. The average molecular weight is 392 g/mol. The van der Waals surface area contributed by atoms with E-state index in [0.29, 0.717) is 11.3 Å². The first kappa shape index (κ1) is 19.6. The topological polar surface area (TPSA) is 134 Å². The van der Waals surface area contributed by atoms with Gasteiger partial charge in [0.15, 0.2) is 6.10 Å². The Morgan fingerprint density at radius 1 is 1.17 bits per heavy atom. The lowest BCUT2D eigenvalue weighted by molar-refractivity contribution is -0.154. The molecular weight excluding hydrogens is 376 g/mol. The minimum absolute atomic E-state index is 0.173. The maximum atomic E-state index is 12.4. The number of benzene rings is 2. The van der Waals surface area contributed by atoms with Crippen molar-refractivity contribution in [3.63, 3.8) is 0 Å². The highest BCUT2D eigenvalue weighted by molar-refractivity contribution is 5.95. The fourth-order valence-electron chi connectivity index (χ4n) is 2.69. The van der Waals surface area contributed by atoms with Crippen LogP contribution in [0.4, 0.5) is 5.69 Å². The highest BCUT2D eigenvalue weighted by Crippen LogP contribution is 2.11. The van der Waals surface area contributed by atoms with E-state index in [9.17, 15) is 19.2 Å². The van der Waals surface area contributed by atoms with Crippen LogP contribution in [0.5, 0.6) is 0 Å². The van der Waals surface area contributed by atoms with Gasteiger partial charge in [-0.25, -0.2) is 4.68 Å². The number of hydrogen-bond donors (Lipinski definition) is 2. The number of H-pyrrole nitrogens is 1. The number of carbonyl (C=O) groups is 2. The Morgan fingerprint density at radius 3 is 2.62 bits per heavy atom. The number of ether oxygens (including phenoxy) is 1. The van der Waals surface area contributed by atoms with E-state index >= 15 is 0 Å². The predicted octanol–water partition coefficient (Wildman–Crippen LogP) is 1.13. The smallest absolute Gasteiger partial charge is 0.328 e. The molecule has 2 N–H and O–H groups in total. The molecule has 146 valence electrons. The van der Waals surface area contributed by atoms with Crippen molar-refractivity contribution in [2.45, 2.75) is 19.6 Å². The molecule has 0 radical (unpaired) electrons. The Labute approximate surface area is 164 Å². The van der Waals surface area contributed by atoms with Gasteiger partial charge in [0, 0.05) is 5.69 Å². The lowest BCUT2D eigenvalue weighted by Gasteiger charge is -2.14. The Hall–Kier alpha value is -4.19. The number of carbonyl (C=O) groups excluding carboxylic acids is 2. The first-order valence-electron chi connectivity index (χ1n) is 8.61. The summed E-state index contributed by atoms with van der Waals surface area (Å²) in [6, 6.07) is 14.4. The van der Waals surface area contributed by atoms with Crippen LogP contribution in [0.2, 0.25) is 0 Å². The maximum absolute atomic E-state index is 12.4. The summed E-state index contributed by atoms with van der Waals surface area (Å²) in [7, 11) is 0. The van der Waals surface area contributed by atoms with Crippen LogP contribution >= 0.6 is 0 Å². The number of aromatic amines is 1. The summed E-state index contributed by atoms with van der Waals surface area (Å²) in [6.07, 6.45) is -1.16. The van der Waals surface area contributed by atoms with E-state index in [1.807, 2.05) is 6.07 Å². The number of rotatable bonds is 5. The van der Waals surface area contributed by atoms with Crippen molar-refractivity contribution in [2.75, 3.05) is 5.32 Å². The lowest BCUT2D eigenvalue weighted by Crippen LogP contribution is -2.35. The van der Waals surface area contributed by atoms with Crippen molar-refractivity contribution < 1.29 is 14.3 Å². The van der Waals surface area contributed by atoms with Crippen molar-refractivity contribution in [1.29, 1.82) is 5.26 Å². The lowest BCUT2D eigenvalue weighted by atomic mass is 10.2. The summed E-state index contributed by atoms with van der Waals surface area (Å²) >= 11 is 0. The number of nitriles is 1. The van der Waals surface area contributed by atoms with Gasteiger partial charge in [-0.1, -0.05) is 18.2 Å². The van der Waals surface area contributed by atoms with Gasteiger partial charge in [0.2, 0.25) is 0 Å². The van der Waals surface area contributed by atoms with Gasteiger partial charge in [-0.05, 0) is 37.3 Å². The Kier molecular flexibility index (Phi) is 5.55. The molecule has 29 heavy (non-hydrogen) atoms. The van der Waals surface area contributed by atoms with Crippen LogP contribution < -0.4 is 16.4 Å². The molecule has 0 saturated heterocycles. The fraction of sp³-hybridized carbons (Fsp3) is 0.150. The summed E-state index contributed by atoms with van der Waals surface area (Å²) < 4.78 is 5.90. The van der Waals surface area contributed by atoms with E-state index in [1.165, 1.54) is 25.1 Å². The molecule has 0 saturated carbocycles. The Bertz CT molecular complexity index is 1250. The van der Waals surface area contributed by atoms with Gasteiger partial charge in [-0.3, -0.25) is 24.3 Å². The first-order chi connectivity index (χ1) is 13.9. The van der Waals surface area contributed by atoms with Gasteiger partial charge >= 0.3 is 5.97 Å². The van der Waals surface area contributed by atoms with Gasteiger partial charge in [0.05, 0.1) is 22.4 Å². The fourth-order valence-corrected chi connectivity index (χ4v) is 2.69. The average Bonchev–Trinajstić information content (AvgIpc) is 2.71. The van der Waals surface area contributed by atoms with Gasteiger partial charge in [-0.2, -0.15) is 5.26 Å². The molecule has 1 amide bonds. The third-order valence-electron chi connectivity index (χ3n) is 4.11. The highest BCUT2D eigenvalue weighted by atomic mass is 16.5. The Balaban J connectivity index is 1.69. The zero-order chi connectivity index (χ0) is 21.0. The molecular formula is C20H16N4O5. The minimum atomic E-state index is -1.16. The molecule has 1 heterocycles. The molecule has 0 fully saturated rings. The molecule has 0 spiro atoms. The first-order valence-corrected chi connectivity index (χ1v) is 8.61. The van der Waals surface area contributed by atoms with Crippen molar-refractivity contribution in [3.05, 3.63) is 74.8 Å². The third kappa shape index (κ3) is 4.39. The van der Waals surface area contributed by atoms with E-state index in [1.54, 1.807) is 30.3 Å². The van der Waals surface area contributed by atoms with Crippen molar-refractivity contribution in [1.82, 2.24) is 9.78 Å². The molecule has 0 aliphatic carbocycles. The summed E-state index contributed by atoms with van der Waals surface area (Å²) in [5.74, 6) is -1.47. The summed E-state index contributed by atoms with van der Waals surface area (Å²) in [5.41, 5.74) is -0.321. The van der Waals surface area contributed by atoms with E-state index in [-0.39, 0.29) is 10.8 Å². The molecule has 3 rings (SSSR count). The van der Waals surface area contributed by atoms with Crippen LogP contribution in [0.25, 0.3) is 10.8 Å². The van der Waals surface area contributed by atoms with Gasteiger partial charge < -0.3 is 10.1 Å². The van der Waals surface area contributed by atoms with E-state index in [2.05, 4.69) is 10.4 Å². The second kappa shape index (κ2) is 8.22. The predicted molar refractivity (Wildman–Crippen MR) is 104 cm³/mol. The summed E-state index contributed by atoms with van der Waals surface area (Å²) in [4.78, 5) is 48.8. The third-order valence-corrected chi connectivity index (χ3v) is 4.11. The largest absolute Gasteiger partial charge is 0.451 e. The second-order valence-corrected chi connectivity index (χ2v) is 6.19. The molecule has 9 nitrogen and oxygen atoms in total. The molecule has 0 aliphatic rings. The van der Waals surface area contributed by atoms with E-state index in [0.717, 1.165) is 4.68 Å². The summed E-state index contributed by atoms with van der Waals surface area (Å²) in [6.45, 7) is 0.813. The molecule has 0 unspecified atom stereocenters. The molecule has 3 aromatic rings. The van der Waals surface area contributed by atoms with E-state index in [4.69, 9.17) is 10.00 Å². The monoisotopic (exact) mass is 392 g/mol. The van der Waals surface area contributed by atoms with Gasteiger partial charge in [0.1, 0.15) is 6.54 Å². The number of amides is 1. The maximum Gasteiger partial charge on any atom is 0.328 e. The van der Waals surface area contributed by atoms with Crippen molar-refractivity contribution >= 4 is 28.3 Å². The summed E-state index contributed by atoms with van der Waals surface area (Å²) in [5, 5.41) is 14.1. The highest BCUT2D eigenvalue weighted by Gasteiger charge is 2.19.